The Morgan fingerprint density at radius 3 is 2.59 bits per heavy atom. The molecule has 9 heteroatoms. The number of H-pyrrole nitrogens is 1. The number of rotatable bonds is 6. The first-order valence-corrected chi connectivity index (χ1v) is 11.4. The number of hydrogen-bond donors (Lipinski definition) is 2. The van der Waals surface area contributed by atoms with Gasteiger partial charge in [0.2, 0.25) is 5.91 Å². The predicted molar refractivity (Wildman–Crippen MR) is 129 cm³/mol. The van der Waals surface area contributed by atoms with Crippen LogP contribution in [0.1, 0.15) is 12.5 Å². The lowest BCUT2D eigenvalue weighted by Gasteiger charge is -2.32. The number of carbonyl (C=O) groups excluding carboxylic acids is 1. The highest BCUT2D eigenvalue weighted by Gasteiger charge is 2.26. The number of anilines is 3. The second kappa shape index (κ2) is 9.35. The van der Waals surface area contributed by atoms with Gasteiger partial charge in [-0.1, -0.05) is 42.5 Å². The molecular weight excluding hydrogens is 426 g/mol. The van der Waals surface area contributed by atoms with Gasteiger partial charge in [-0.15, -0.1) is 11.8 Å². The van der Waals surface area contributed by atoms with Crippen molar-refractivity contribution in [1.82, 2.24) is 9.55 Å². The summed E-state index contributed by atoms with van der Waals surface area (Å²) >= 11 is 1.72. The lowest BCUT2D eigenvalue weighted by molar-refractivity contribution is -0.117. The zero-order chi connectivity index (χ0) is 22.7. The van der Waals surface area contributed by atoms with Crippen LogP contribution in [-0.4, -0.2) is 40.8 Å². The van der Waals surface area contributed by atoms with E-state index in [1.165, 1.54) is 4.57 Å². The van der Waals surface area contributed by atoms with Crippen LogP contribution >= 0.6 is 11.8 Å². The third-order valence-electron chi connectivity index (χ3n) is 5.45. The Morgan fingerprint density at radius 1 is 1.12 bits per heavy atom. The van der Waals surface area contributed by atoms with E-state index in [1.807, 2.05) is 61.5 Å². The van der Waals surface area contributed by atoms with Gasteiger partial charge in [-0.25, -0.2) is 4.79 Å². The summed E-state index contributed by atoms with van der Waals surface area (Å²) in [5, 5.41) is 0. The van der Waals surface area contributed by atoms with Crippen LogP contribution in [0.2, 0.25) is 0 Å². The Kier molecular flexibility index (Phi) is 6.36. The smallest absolute Gasteiger partial charge is 0.330 e. The minimum atomic E-state index is -0.596. The quantitative estimate of drug-likeness (QED) is 0.595. The number of thioether (sulfide) groups is 1. The van der Waals surface area contributed by atoms with Crippen LogP contribution in [0.15, 0.2) is 69.1 Å². The second-order valence-corrected chi connectivity index (χ2v) is 8.58. The number of carbonyl (C=O) groups is 1. The highest BCUT2D eigenvalue weighted by Crippen LogP contribution is 2.34. The van der Waals surface area contributed by atoms with Gasteiger partial charge in [0, 0.05) is 23.7 Å². The van der Waals surface area contributed by atoms with E-state index in [9.17, 15) is 14.4 Å². The molecule has 4 rings (SSSR count). The molecule has 0 radical (unpaired) electrons. The molecule has 2 heterocycles. The van der Waals surface area contributed by atoms with Gasteiger partial charge in [0.25, 0.3) is 5.56 Å². The summed E-state index contributed by atoms with van der Waals surface area (Å²) in [5.74, 6) is 0.727. The molecule has 0 unspecified atom stereocenters. The minimum Gasteiger partial charge on any atom is -0.383 e. The zero-order valence-electron chi connectivity index (χ0n) is 17.8. The SMILES string of the molecule is CCN(CC(=O)N1CCSc2ccccc21)c1c(N)n(Cc2ccccc2)c(=O)[nH]c1=O. The number of amides is 1. The van der Waals surface area contributed by atoms with Crippen LogP contribution in [0, 0.1) is 0 Å². The summed E-state index contributed by atoms with van der Waals surface area (Å²) in [6, 6.07) is 17.2. The van der Waals surface area contributed by atoms with Gasteiger partial charge in [-0.2, -0.15) is 0 Å². The summed E-state index contributed by atoms with van der Waals surface area (Å²) in [5.41, 5.74) is 7.02. The fraction of sp³-hybridized carbons (Fsp3) is 0.261. The molecule has 0 saturated heterocycles. The van der Waals surface area contributed by atoms with E-state index in [4.69, 9.17) is 5.73 Å². The highest BCUT2D eigenvalue weighted by atomic mass is 32.2. The predicted octanol–water partition coefficient (Wildman–Crippen LogP) is 2.13. The molecule has 8 nitrogen and oxygen atoms in total. The molecule has 1 aliphatic heterocycles. The van der Waals surface area contributed by atoms with E-state index < -0.39 is 11.2 Å². The number of aromatic amines is 1. The second-order valence-electron chi connectivity index (χ2n) is 7.44. The van der Waals surface area contributed by atoms with Crippen LogP contribution < -0.4 is 26.8 Å². The number of benzene rings is 2. The Morgan fingerprint density at radius 2 is 1.84 bits per heavy atom. The standard InChI is InChI=1S/C23H25N5O3S/c1-2-26(15-19(29)27-12-13-32-18-11-7-6-10-17(18)27)20-21(24)28(23(31)25-22(20)30)14-16-8-4-3-5-9-16/h3-11H,2,12-15,24H2,1H3,(H,25,30,31). The molecule has 0 aliphatic carbocycles. The van der Waals surface area contributed by atoms with Crippen LogP contribution in [0.25, 0.3) is 0 Å². The minimum absolute atomic E-state index is 0.0215. The maximum Gasteiger partial charge on any atom is 0.330 e. The Labute approximate surface area is 189 Å². The van der Waals surface area contributed by atoms with Gasteiger partial charge in [0.1, 0.15) is 11.5 Å². The Balaban J connectivity index is 1.65. The molecule has 0 spiro atoms. The van der Waals surface area contributed by atoms with Crippen molar-refractivity contribution in [2.24, 2.45) is 0 Å². The maximum absolute atomic E-state index is 13.2. The lowest BCUT2D eigenvalue weighted by atomic mass is 10.2. The third-order valence-corrected chi connectivity index (χ3v) is 6.49. The van der Waals surface area contributed by atoms with Gasteiger partial charge in [0.15, 0.2) is 0 Å². The van der Waals surface area contributed by atoms with Crippen molar-refractivity contribution in [3.05, 3.63) is 81.0 Å². The normalized spacial score (nSPS) is 13.0. The number of likely N-dealkylation sites (N-methyl/N-ethyl adjacent to an activating group) is 1. The molecule has 0 saturated carbocycles. The van der Waals surface area contributed by atoms with Crippen LogP contribution in [-0.2, 0) is 11.3 Å². The molecule has 1 aromatic heterocycles. The molecular formula is C23H25N5O3S. The molecule has 2 aromatic carbocycles. The largest absolute Gasteiger partial charge is 0.383 e. The van der Waals surface area contributed by atoms with Crippen molar-refractivity contribution in [3.8, 4) is 0 Å². The van der Waals surface area contributed by atoms with Crippen molar-refractivity contribution in [3.63, 3.8) is 0 Å². The molecule has 3 N–H and O–H groups in total. The summed E-state index contributed by atoms with van der Waals surface area (Å²) in [4.78, 5) is 45.2. The number of fused-ring (bicyclic) bond motifs is 1. The molecule has 0 atom stereocenters. The molecule has 32 heavy (non-hydrogen) atoms. The van der Waals surface area contributed by atoms with Crippen molar-refractivity contribution in [2.45, 2.75) is 18.4 Å². The van der Waals surface area contributed by atoms with E-state index in [2.05, 4.69) is 4.98 Å². The molecule has 0 bridgehead atoms. The van der Waals surface area contributed by atoms with E-state index >= 15 is 0 Å². The number of nitrogens with one attached hydrogen (secondary N) is 1. The monoisotopic (exact) mass is 451 g/mol. The lowest BCUT2D eigenvalue weighted by Crippen LogP contribution is -2.45. The molecule has 0 fully saturated rings. The van der Waals surface area contributed by atoms with Gasteiger partial charge < -0.3 is 15.5 Å². The Hall–Kier alpha value is -3.46. The number of nitrogen functional groups attached to an aromatic ring is 1. The van der Waals surface area contributed by atoms with Gasteiger partial charge in [-0.3, -0.25) is 19.1 Å². The fourth-order valence-corrected chi connectivity index (χ4v) is 4.83. The van der Waals surface area contributed by atoms with Crippen LogP contribution in [0.5, 0.6) is 0 Å². The van der Waals surface area contributed by atoms with Crippen LogP contribution in [0.3, 0.4) is 0 Å². The first-order valence-electron chi connectivity index (χ1n) is 10.4. The summed E-state index contributed by atoms with van der Waals surface area (Å²) in [6.07, 6.45) is 0. The first kappa shape index (κ1) is 21.8. The van der Waals surface area contributed by atoms with Crippen molar-refractivity contribution < 1.29 is 4.79 Å². The van der Waals surface area contributed by atoms with E-state index in [1.54, 1.807) is 21.6 Å². The average Bonchev–Trinajstić information content (AvgIpc) is 2.81. The zero-order valence-corrected chi connectivity index (χ0v) is 18.6. The number of para-hydroxylation sites is 1. The number of aromatic nitrogens is 2. The summed E-state index contributed by atoms with van der Waals surface area (Å²) in [6.45, 7) is 3.02. The summed E-state index contributed by atoms with van der Waals surface area (Å²) in [7, 11) is 0. The molecule has 1 aliphatic rings. The van der Waals surface area contributed by atoms with Crippen molar-refractivity contribution >= 4 is 34.9 Å². The Bertz CT molecular complexity index is 1240. The van der Waals surface area contributed by atoms with E-state index in [0.29, 0.717) is 13.1 Å². The van der Waals surface area contributed by atoms with Gasteiger partial charge in [0.05, 0.1) is 18.8 Å². The molecule has 1 amide bonds. The van der Waals surface area contributed by atoms with Gasteiger partial charge in [-0.05, 0) is 24.6 Å². The summed E-state index contributed by atoms with van der Waals surface area (Å²) < 4.78 is 1.33. The third kappa shape index (κ3) is 4.29. The number of nitrogens with zero attached hydrogens (tertiary/aromatic N) is 3. The van der Waals surface area contributed by atoms with Crippen molar-refractivity contribution in [1.29, 1.82) is 0 Å². The van der Waals surface area contributed by atoms with Gasteiger partial charge >= 0.3 is 5.69 Å². The highest BCUT2D eigenvalue weighted by molar-refractivity contribution is 7.99. The first-order chi connectivity index (χ1) is 15.5. The van der Waals surface area contributed by atoms with E-state index in [0.717, 1.165) is 21.9 Å². The number of nitrogens with two attached hydrogens (primary N) is 1. The fourth-order valence-electron chi connectivity index (χ4n) is 3.83. The average molecular weight is 452 g/mol. The number of hydrogen-bond acceptors (Lipinski definition) is 6. The van der Waals surface area contributed by atoms with Crippen LogP contribution in [0.4, 0.5) is 17.2 Å². The van der Waals surface area contributed by atoms with E-state index in [-0.39, 0.29) is 30.5 Å². The maximum atomic E-state index is 13.2. The topological polar surface area (TPSA) is 104 Å². The molecule has 3 aromatic rings. The molecule has 166 valence electrons. The van der Waals surface area contributed by atoms with Crippen molar-refractivity contribution in [2.75, 3.05) is 40.9 Å².